The minimum absolute atomic E-state index is 0.00376. The number of carbonyl (C=O) groups excluding carboxylic acids is 2. The van der Waals surface area contributed by atoms with Crippen LogP contribution in [0.15, 0.2) is 53.9 Å². The lowest BCUT2D eigenvalue weighted by molar-refractivity contribution is -0.139. The number of hydrogen-bond donors (Lipinski definition) is 4. The summed E-state index contributed by atoms with van der Waals surface area (Å²) in [6, 6.07) is 9.54. The zero-order valence-corrected chi connectivity index (χ0v) is 17.2. The molecule has 1 atom stereocenters. The maximum Gasteiger partial charge on any atom is 0.305 e. The van der Waals surface area contributed by atoms with Gasteiger partial charge in [-0.15, -0.1) is 0 Å². The molecular formula is C21H24N6O5. The molecule has 0 aliphatic carbocycles. The Morgan fingerprint density at radius 2 is 1.97 bits per heavy atom. The van der Waals surface area contributed by atoms with Gasteiger partial charge in [-0.2, -0.15) is 0 Å². The van der Waals surface area contributed by atoms with Gasteiger partial charge in [0.15, 0.2) is 5.84 Å². The summed E-state index contributed by atoms with van der Waals surface area (Å²) in [5, 5.41) is 23.5. The second-order valence-corrected chi connectivity index (χ2v) is 7.27. The summed E-state index contributed by atoms with van der Waals surface area (Å²) in [5.74, 6) is -1.72. The highest BCUT2D eigenvalue weighted by Gasteiger charge is 2.27. The number of piperazine rings is 1. The van der Waals surface area contributed by atoms with Crippen molar-refractivity contribution in [2.75, 3.05) is 31.1 Å². The predicted molar refractivity (Wildman–Crippen MR) is 115 cm³/mol. The summed E-state index contributed by atoms with van der Waals surface area (Å²) in [6.07, 6.45) is 2.77. The van der Waals surface area contributed by atoms with Crippen molar-refractivity contribution in [3.8, 4) is 0 Å². The van der Waals surface area contributed by atoms with E-state index in [0.717, 1.165) is 5.69 Å². The third-order valence-electron chi connectivity index (χ3n) is 5.09. The SMILES string of the molecule is N/C(=N/O)c1ccc(N2CCN(CC(=O)NC(CC(=O)O)c3cccnc3)C(=O)C2)cc1. The van der Waals surface area contributed by atoms with Crippen LogP contribution >= 0.6 is 0 Å². The molecule has 3 rings (SSSR count). The van der Waals surface area contributed by atoms with E-state index in [9.17, 15) is 14.4 Å². The molecule has 1 aliphatic rings. The molecule has 0 spiro atoms. The monoisotopic (exact) mass is 440 g/mol. The molecule has 168 valence electrons. The van der Waals surface area contributed by atoms with Crippen LogP contribution in [-0.4, -0.2) is 70.0 Å². The minimum atomic E-state index is -1.05. The quantitative estimate of drug-likeness (QED) is 0.195. The van der Waals surface area contributed by atoms with Crippen LogP contribution in [0.25, 0.3) is 0 Å². The molecule has 0 radical (unpaired) electrons. The van der Waals surface area contributed by atoms with Crippen molar-refractivity contribution < 1.29 is 24.7 Å². The Kier molecular flexibility index (Phi) is 7.21. The van der Waals surface area contributed by atoms with E-state index < -0.39 is 17.9 Å². The number of amides is 2. The highest BCUT2D eigenvalue weighted by molar-refractivity contribution is 5.97. The van der Waals surface area contributed by atoms with E-state index in [1.165, 1.54) is 11.1 Å². The van der Waals surface area contributed by atoms with Crippen molar-refractivity contribution in [3.05, 3.63) is 59.9 Å². The van der Waals surface area contributed by atoms with Crippen LogP contribution in [0, 0.1) is 0 Å². The summed E-state index contributed by atoms with van der Waals surface area (Å²) >= 11 is 0. The number of hydrogen-bond acceptors (Lipinski definition) is 7. The van der Waals surface area contributed by atoms with Gasteiger partial charge >= 0.3 is 5.97 Å². The molecule has 1 saturated heterocycles. The number of nitrogens with two attached hydrogens (primary N) is 1. The Hall–Kier alpha value is -4.15. The minimum Gasteiger partial charge on any atom is -0.481 e. The van der Waals surface area contributed by atoms with Gasteiger partial charge < -0.3 is 31.2 Å². The average Bonchev–Trinajstić information content (AvgIpc) is 2.80. The van der Waals surface area contributed by atoms with Gasteiger partial charge in [0, 0.05) is 36.7 Å². The number of carboxylic acid groups (broad SMARTS) is 1. The normalized spacial score (nSPS) is 15.4. The first-order valence-corrected chi connectivity index (χ1v) is 9.89. The molecule has 1 aromatic heterocycles. The Morgan fingerprint density at radius 3 is 2.56 bits per heavy atom. The smallest absolute Gasteiger partial charge is 0.305 e. The second kappa shape index (κ2) is 10.2. The number of oxime groups is 1. The number of nitrogens with zero attached hydrogens (tertiary/aromatic N) is 4. The maximum absolute atomic E-state index is 12.6. The number of amidine groups is 1. The molecule has 0 bridgehead atoms. The Bertz CT molecular complexity index is 995. The van der Waals surface area contributed by atoms with Crippen LogP contribution in [0.2, 0.25) is 0 Å². The maximum atomic E-state index is 12.6. The number of aromatic nitrogens is 1. The number of rotatable bonds is 8. The topological polar surface area (TPSA) is 161 Å². The lowest BCUT2D eigenvalue weighted by Gasteiger charge is -2.35. The van der Waals surface area contributed by atoms with Crippen LogP contribution in [0.3, 0.4) is 0 Å². The molecule has 2 amide bonds. The van der Waals surface area contributed by atoms with Gasteiger partial charge in [0.1, 0.15) is 0 Å². The number of nitrogens with one attached hydrogen (secondary N) is 1. The molecule has 2 heterocycles. The summed E-state index contributed by atoms with van der Waals surface area (Å²) in [5.41, 5.74) is 7.50. The van der Waals surface area contributed by atoms with Crippen molar-refractivity contribution in [2.45, 2.75) is 12.5 Å². The molecule has 1 fully saturated rings. The molecule has 5 N–H and O–H groups in total. The van der Waals surface area contributed by atoms with E-state index in [0.29, 0.717) is 24.2 Å². The van der Waals surface area contributed by atoms with E-state index in [1.807, 2.05) is 4.90 Å². The molecule has 0 saturated carbocycles. The molecule has 11 nitrogen and oxygen atoms in total. The van der Waals surface area contributed by atoms with Gasteiger partial charge in [0.25, 0.3) is 0 Å². The number of carboxylic acids is 1. The first kappa shape index (κ1) is 22.5. The fourth-order valence-electron chi connectivity index (χ4n) is 3.42. The lowest BCUT2D eigenvalue weighted by atomic mass is 10.1. The predicted octanol–water partition coefficient (Wildman–Crippen LogP) is 0.157. The van der Waals surface area contributed by atoms with E-state index in [2.05, 4.69) is 15.5 Å². The molecule has 2 aromatic rings. The van der Waals surface area contributed by atoms with Crippen molar-refractivity contribution in [3.63, 3.8) is 0 Å². The number of anilines is 1. The largest absolute Gasteiger partial charge is 0.481 e. The Labute approximate surface area is 184 Å². The van der Waals surface area contributed by atoms with Crippen molar-refractivity contribution in [1.29, 1.82) is 0 Å². The molecule has 1 aromatic carbocycles. The fourth-order valence-corrected chi connectivity index (χ4v) is 3.42. The van der Waals surface area contributed by atoms with Crippen LogP contribution in [0.1, 0.15) is 23.6 Å². The Balaban J connectivity index is 1.58. The zero-order valence-electron chi connectivity index (χ0n) is 17.2. The number of carbonyl (C=O) groups is 3. The highest BCUT2D eigenvalue weighted by Crippen LogP contribution is 2.19. The summed E-state index contributed by atoms with van der Waals surface area (Å²) in [7, 11) is 0. The molecule has 11 heteroatoms. The fraction of sp³-hybridized carbons (Fsp3) is 0.286. The first-order chi connectivity index (χ1) is 15.4. The number of pyridine rings is 1. The van der Waals surface area contributed by atoms with E-state index in [-0.39, 0.29) is 31.3 Å². The summed E-state index contributed by atoms with van der Waals surface area (Å²) in [6.45, 7) is 0.788. The van der Waals surface area contributed by atoms with E-state index in [4.69, 9.17) is 16.0 Å². The van der Waals surface area contributed by atoms with Gasteiger partial charge in [-0.1, -0.05) is 11.2 Å². The van der Waals surface area contributed by atoms with Gasteiger partial charge in [-0.3, -0.25) is 19.4 Å². The Morgan fingerprint density at radius 1 is 1.22 bits per heavy atom. The van der Waals surface area contributed by atoms with Gasteiger partial charge in [-0.05, 0) is 35.9 Å². The highest BCUT2D eigenvalue weighted by atomic mass is 16.4. The standard InChI is InChI=1S/C21H24N6O5/c22-21(25-32)14-3-5-16(6-4-14)26-8-9-27(19(29)13-26)12-18(28)24-17(10-20(30)31)15-2-1-7-23-11-15/h1-7,11,17,32H,8-10,12-13H2,(H2,22,25)(H,24,28)(H,30,31). The molecule has 32 heavy (non-hydrogen) atoms. The van der Waals surface area contributed by atoms with Crippen molar-refractivity contribution >= 4 is 29.3 Å². The van der Waals surface area contributed by atoms with Crippen molar-refractivity contribution in [1.82, 2.24) is 15.2 Å². The number of benzene rings is 1. The van der Waals surface area contributed by atoms with Crippen LogP contribution in [0.5, 0.6) is 0 Å². The van der Waals surface area contributed by atoms with E-state index >= 15 is 0 Å². The summed E-state index contributed by atoms with van der Waals surface area (Å²) < 4.78 is 0. The zero-order chi connectivity index (χ0) is 23.1. The first-order valence-electron chi connectivity index (χ1n) is 9.89. The average molecular weight is 440 g/mol. The van der Waals surface area contributed by atoms with Crippen LogP contribution < -0.4 is 16.0 Å². The third kappa shape index (κ3) is 5.72. The molecule has 1 unspecified atom stereocenters. The van der Waals surface area contributed by atoms with Gasteiger partial charge in [-0.25, -0.2) is 0 Å². The summed E-state index contributed by atoms with van der Waals surface area (Å²) in [4.78, 5) is 43.6. The lowest BCUT2D eigenvalue weighted by Crippen LogP contribution is -2.53. The third-order valence-corrected chi connectivity index (χ3v) is 5.09. The van der Waals surface area contributed by atoms with Crippen LogP contribution in [0.4, 0.5) is 5.69 Å². The number of aliphatic carboxylic acids is 1. The molecular weight excluding hydrogens is 416 g/mol. The van der Waals surface area contributed by atoms with Crippen LogP contribution in [-0.2, 0) is 14.4 Å². The second-order valence-electron chi connectivity index (χ2n) is 7.27. The van der Waals surface area contributed by atoms with E-state index in [1.54, 1.807) is 42.6 Å². The van der Waals surface area contributed by atoms with Gasteiger partial charge in [0.05, 0.1) is 25.6 Å². The van der Waals surface area contributed by atoms with Crippen molar-refractivity contribution in [2.24, 2.45) is 10.9 Å². The van der Waals surface area contributed by atoms with Gasteiger partial charge in [0.2, 0.25) is 11.8 Å². The molecule has 1 aliphatic heterocycles.